The van der Waals surface area contributed by atoms with Crippen LogP contribution in [0.3, 0.4) is 0 Å². The first kappa shape index (κ1) is 13.5. The second-order valence-corrected chi connectivity index (χ2v) is 5.94. The molecule has 0 saturated heterocycles. The van der Waals surface area contributed by atoms with Gasteiger partial charge in [-0.05, 0) is 36.6 Å². The molecule has 0 radical (unpaired) electrons. The van der Waals surface area contributed by atoms with Gasteiger partial charge in [0.2, 0.25) is 0 Å². The van der Waals surface area contributed by atoms with E-state index >= 15 is 0 Å². The van der Waals surface area contributed by atoms with Crippen molar-refractivity contribution in [3.8, 4) is 5.75 Å². The van der Waals surface area contributed by atoms with E-state index in [0.717, 1.165) is 42.7 Å². The van der Waals surface area contributed by atoms with Crippen LogP contribution in [0.25, 0.3) is 0 Å². The van der Waals surface area contributed by atoms with Crippen LogP contribution in [0.4, 0.5) is 0 Å². The van der Waals surface area contributed by atoms with Crippen LogP contribution in [0.5, 0.6) is 5.75 Å². The van der Waals surface area contributed by atoms with E-state index in [0.29, 0.717) is 6.04 Å². The molecule has 0 bridgehead atoms. The highest BCUT2D eigenvalue weighted by atomic mass is 16.5. The molecule has 0 aromatic heterocycles. The zero-order chi connectivity index (χ0) is 13.8. The third-order valence-corrected chi connectivity index (χ3v) is 4.39. The van der Waals surface area contributed by atoms with Gasteiger partial charge in [0.25, 0.3) is 5.91 Å². The van der Waals surface area contributed by atoms with Crippen molar-refractivity contribution in [1.82, 2.24) is 5.32 Å². The van der Waals surface area contributed by atoms with Crippen LogP contribution in [0, 0.1) is 0 Å². The first-order valence-corrected chi connectivity index (χ1v) is 7.89. The van der Waals surface area contributed by atoms with Crippen molar-refractivity contribution >= 4 is 5.91 Å². The van der Waals surface area contributed by atoms with Crippen molar-refractivity contribution in [2.75, 3.05) is 6.61 Å². The maximum atomic E-state index is 12.4. The summed E-state index contributed by atoms with van der Waals surface area (Å²) < 4.78 is 5.48. The quantitative estimate of drug-likeness (QED) is 0.896. The average Bonchev–Trinajstić information content (AvgIpc) is 2.88. The second kappa shape index (κ2) is 6.29. The molecule has 3 nitrogen and oxygen atoms in total. The minimum absolute atomic E-state index is 0.0743. The molecule has 1 aromatic rings. The van der Waals surface area contributed by atoms with Crippen LogP contribution in [-0.4, -0.2) is 18.6 Å². The summed E-state index contributed by atoms with van der Waals surface area (Å²) in [5.41, 5.74) is 1.94. The highest BCUT2D eigenvalue weighted by Gasteiger charge is 2.18. The van der Waals surface area contributed by atoms with E-state index in [1.54, 1.807) is 0 Å². The van der Waals surface area contributed by atoms with Gasteiger partial charge in [0.1, 0.15) is 5.75 Å². The number of amides is 1. The minimum atomic E-state index is 0.0743. The summed E-state index contributed by atoms with van der Waals surface area (Å²) in [6.45, 7) is 0.739. The highest BCUT2D eigenvalue weighted by molar-refractivity contribution is 5.94. The lowest BCUT2D eigenvalue weighted by molar-refractivity contribution is 0.0930. The number of hydrogen-bond donors (Lipinski definition) is 1. The summed E-state index contributed by atoms with van der Waals surface area (Å²) in [5.74, 6) is 1.01. The van der Waals surface area contributed by atoms with Crippen LogP contribution in [-0.2, 0) is 6.42 Å². The molecule has 20 heavy (non-hydrogen) atoms. The molecule has 1 aliphatic heterocycles. The number of carbonyl (C=O) groups excluding carboxylic acids is 1. The predicted octanol–water partition coefficient (Wildman–Crippen LogP) is 3.46. The van der Waals surface area contributed by atoms with E-state index in [9.17, 15) is 4.79 Å². The maximum Gasteiger partial charge on any atom is 0.251 e. The van der Waals surface area contributed by atoms with Crippen LogP contribution < -0.4 is 10.1 Å². The molecular weight excluding hydrogens is 250 g/mol. The number of rotatable bonds is 2. The number of nitrogens with one attached hydrogen (secondary N) is 1. The fourth-order valence-electron chi connectivity index (χ4n) is 3.20. The summed E-state index contributed by atoms with van der Waals surface area (Å²) in [6, 6.07) is 6.14. The van der Waals surface area contributed by atoms with Crippen molar-refractivity contribution in [3.63, 3.8) is 0 Å². The van der Waals surface area contributed by atoms with Gasteiger partial charge in [0.15, 0.2) is 0 Å². The molecule has 1 aliphatic carbocycles. The largest absolute Gasteiger partial charge is 0.493 e. The first-order valence-electron chi connectivity index (χ1n) is 7.89. The Hall–Kier alpha value is -1.51. The summed E-state index contributed by atoms with van der Waals surface area (Å²) in [6.07, 6.45) is 9.61. The number of carbonyl (C=O) groups is 1. The van der Waals surface area contributed by atoms with Gasteiger partial charge in [-0.15, -0.1) is 0 Å². The van der Waals surface area contributed by atoms with E-state index in [1.807, 2.05) is 18.2 Å². The van der Waals surface area contributed by atoms with Gasteiger partial charge < -0.3 is 10.1 Å². The summed E-state index contributed by atoms with van der Waals surface area (Å²) in [5, 5.41) is 3.21. The minimum Gasteiger partial charge on any atom is -0.493 e. The summed E-state index contributed by atoms with van der Waals surface area (Å²) >= 11 is 0. The zero-order valence-corrected chi connectivity index (χ0v) is 12.0. The van der Waals surface area contributed by atoms with Crippen LogP contribution in [0.1, 0.15) is 60.9 Å². The smallest absolute Gasteiger partial charge is 0.251 e. The highest BCUT2D eigenvalue weighted by Crippen LogP contribution is 2.26. The number of hydrogen-bond acceptors (Lipinski definition) is 2. The van der Waals surface area contributed by atoms with Crippen molar-refractivity contribution in [2.24, 2.45) is 0 Å². The lowest BCUT2D eigenvalue weighted by Crippen LogP contribution is -2.35. The zero-order valence-electron chi connectivity index (χ0n) is 12.0. The third-order valence-electron chi connectivity index (χ3n) is 4.39. The van der Waals surface area contributed by atoms with Gasteiger partial charge >= 0.3 is 0 Å². The van der Waals surface area contributed by atoms with Crippen molar-refractivity contribution in [3.05, 3.63) is 29.3 Å². The van der Waals surface area contributed by atoms with Gasteiger partial charge in [-0.3, -0.25) is 4.79 Å². The molecule has 3 heteroatoms. The van der Waals surface area contributed by atoms with Crippen LogP contribution >= 0.6 is 0 Å². The van der Waals surface area contributed by atoms with Gasteiger partial charge in [-0.2, -0.15) is 0 Å². The van der Waals surface area contributed by atoms with Crippen LogP contribution in [0.15, 0.2) is 18.2 Å². The standard InChI is InChI=1S/C17H23NO2/c19-17(18-15-6-4-2-1-3-5-7-15)14-8-9-16-13(12-14)10-11-20-16/h8-9,12,15H,1-7,10-11H2,(H,18,19). The van der Waals surface area contributed by atoms with E-state index < -0.39 is 0 Å². The molecule has 1 aromatic carbocycles. The maximum absolute atomic E-state index is 12.4. The summed E-state index contributed by atoms with van der Waals surface area (Å²) in [7, 11) is 0. The molecular formula is C17H23NO2. The Bertz CT molecular complexity index is 476. The molecule has 1 heterocycles. The third kappa shape index (κ3) is 3.14. The first-order chi connectivity index (χ1) is 9.83. The average molecular weight is 273 g/mol. The Morgan fingerprint density at radius 1 is 1.10 bits per heavy atom. The van der Waals surface area contributed by atoms with E-state index in [2.05, 4.69) is 5.32 Å². The lowest BCUT2D eigenvalue weighted by Gasteiger charge is -2.21. The monoisotopic (exact) mass is 273 g/mol. The van der Waals surface area contributed by atoms with Crippen LogP contribution in [0.2, 0.25) is 0 Å². The van der Waals surface area contributed by atoms with E-state index in [4.69, 9.17) is 4.74 Å². The molecule has 1 fully saturated rings. The number of benzene rings is 1. The number of ether oxygens (including phenoxy) is 1. The molecule has 3 rings (SSSR count). The van der Waals surface area contributed by atoms with Crippen molar-refractivity contribution < 1.29 is 9.53 Å². The molecule has 1 N–H and O–H groups in total. The fourth-order valence-corrected chi connectivity index (χ4v) is 3.20. The number of fused-ring (bicyclic) bond motifs is 1. The van der Waals surface area contributed by atoms with E-state index in [-0.39, 0.29) is 5.91 Å². The topological polar surface area (TPSA) is 38.3 Å². The van der Waals surface area contributed by atoms with Gasteiger partial charge in [-0.1, -0.05) is 32.1 Å². The van der Waals surface area contributed by atoms with Gasteiger partial charge in [0.05, 0.1) is 6.61 Å². The molecule has 0 atom stereocenters. The predicted molar refractivity (Wildman–Crippen MR) is 79.2 cm³/mol. The Kier molecular flexibility index (Phi) is 4.24. The molecule has 1 saturated carbocycles. The molecule has 2 aliphatic rings. The SMILES string of the molecule is O=C(NC1CCCCCCC1)c1ccc2c(c1)CCO2. The molecule has 1 amide bonds. The van der Waals surface area contributed by atoms with Gasteiger partial charge in [0, 0.05) is 18.0 Å². The molecule has 0 unspecified atom stereocenters. The molecule has 0 spiro atoms. The normalized spacial score (nSPS) is 19.6. The second-order valence-electron chi connectivity index (χ2n) is 5.94. The Morgan fingerprint density at radius 3 is 2.65 bits per heavy atom. The van der Waals surface area contributed by atoms with Gasteiger partial charge in [-0.25, -0.2) is 0 Å². The van der Waals surface area contributed by atoms with Crippen molar-refractivity contribution in [2.45, 2.75) is 57.4 Å². The summed E-state index contributed by atoms with van der Waals surface area (Å²) in [4.78, 5) is 12.4. The van der Waals surface area contributed by atoms with E-state index in [1.165, 1.54) is 32.1 Å². The Labute approximate surface area is 120 Å². The molecule has 108 valence electrons. The Morgan fingerprint density at radius 2 is 1.85 bits per heavy atom. The Balaban J connectivity index is 1.63. The lowest BCUT2D eigenvalue weighted by atomic mass is 9.96. The van der Waals surface area contributed by atoms with Crippen molar-refractivity contribution in [1.29, 1.82) is 0 Å². The fraction of sp³-hybridized carbons (Fsp3) is 0.588.